The van der Waals surface area contributed by atoms with Gasteiger partial charge >= 0.3 is 5.97 Å². The molecule has 1 rings (SSSR count). The fourth-order valence-electron chi connectivity index (χ4n) is 5.57. The molecule has 0 bridgehead atoms. The van der Waals surface area contributed by atoms with Crippen molar-refractivity contribution in [1.82, 2.24) is 0 Å². The lowest BCUT2D eigenvalue weighted by Crippen LogP contribution is -2.36. The smallest absolute Gasteiger partial charge is 0.305 e. The standard InChI is InChI=1S/C31H63NO6Si3/c1-13-14-15-19-26(36-39(4,5)6)21-22-27-28(23-25(32-35-3)18-16-17-20-31(33)34-2)30(38-41(10,11)12)24-29(27)37-40(7,8)9/h21-22,26-30H,13-20,23-24H2,1-12H3/b22-21+,32-25+. The summed E-state index contributed by atoms with van der Waals surface area (Å²) in [6.45, 7) is 22.7. The lowest BCUT2D eigenvalue weighted by Gasteiger charge is -2.31. The van der Waals surface area contributed by atoms with Crippen molar-refractivity contribution in [2.24, 2.45) is 17.0 Å². The van der Waals surface area contributed by atoms with E-state index in [-0.39, 0.29) is 36.1 Å². The van der Waals surface area contributed by atoms with E-state index in [0.717, 1.165) is 44.2 Å². The molecule has 1 aliphatic carbocycles. The molecule has 0 heterocycles. The van der Waals surface area contributed by atoms with Gasteiger partial charge in [-0.15, -0.1) is 0 Å². The van der Waals surface area contributed by atoms with E-state index in [1.807, 2.05) is 0 Å². The first-order valence-corrected chi connectivity index (χ1v) is 26.1. The zero-order chi connectivity index (χ0) is 31.3. The number of hydrogen-bond donors (Lipinski definition) is 0. The van der Waals surface area contributed by atoms with Crippen molar-refractivity contribution in [3.63, 3.8) is 0 Å². The predicted molar refractivity (Wildman–Crippen MR) is 179 cm³/mol. The first-order chi connectivity index (χ1) is 19.0. The van der Waals surface area contributed by atoms with E-state index >= 15 is 0 Å². The molecule has 0 aromatic carbocycles. The van der Waals surface area contributed by atoms with Crippen molar-refractivity contribution >= 4 is 36.6 Å². The third-order valence-electron chi connectivity index (χ3n) is 7.04. The number of ether oxygens (including phenoxy) is 1. The fraction of sp³-hybridized carbons (Fsp3) is 0.871. The molecular formula is C31H63NO6Si3. The molecule has 5 atom stereocenters. The van der Waals surface area contributed by atoms with Gasteiger partial charge in [0.05, 0.1) is 31.1 Å². The molecule has 0 spiro atoms. The maximum absolute atomic E-state index is 11.6. The van der Waals surface area contributed by atoms with Crippen LogP contribution in [0.5, 0.6) is 0 Å². The minimum absolute atomic E-state index is 0.103. The monoisotopic (exact) mass is 629 g/mol. The Kier molecular flexibility index (Phi) is 16.9. The number of hydrogen-bond acceptors (Lipinski definition) is 7. The van der Waals surface area contributed by atoms with Gasteiger partial charge in [-0.05, 0) is 103 Å². The lowest BCUT2D eigenvalue weighted by molar-refractivity contribution is -0.140. The summed E-state index contributed by atoms with van der Waals surface area (Å²) in [5.41, 5.74) is 1.02. The Morgan fingerprint density at radius 2 is 1.46 bits per heavy atom. The highest BCUT2D eigenvalue weighted by Gasteiger charge is 2.46. The number of carbonyl (C=O) groups excluding carboxylic acids is 1. The summed E-state index contributed by atoms with van der Waals surface area (Å²) in [6, 6.07) is 0. The zero-order valence-electron chi connectivity index (χ0n) is 28.5. The molecule has 0 aromatic heterocycles. The number of methoxy groups -OCH3 is 1. The van der Waals surface area contributed by atoms with Gasteiger partial charge in [0.1, 0.15) is 7.11 Å². The lowest BCUT2D eigenvalue weighted by atomic mass is 9.87. The van der Waals surface area contributed by atoms with Crippen molar-refractivity contribution in [2.75, 3.05) is 14.2 Å². The van der Waals surface area contributed by atoms with Crippen molar-refractivity contribution in [3.8, 4) is 0 Å². The highest BCUT2D eigenvalue weighted by Crippen LogP contribution is 2.42. The van der Waals surface area contributed by atoms with Gasteiger partial charge < -0.3 is 22.9 Å². The number of rotatable bonds is 20. The van der Waals surface area contributed by atoms with Crippen LogP contribution in [0.15, 0.2) is 17.3 Å². The average molecular weight is 630 g/mol. The minimum Gasteiger partial charge on any atom is -0.469 e. The van der Waals surface area contributed by atoms with E-state index in [2.05, 4.69) is 83.2 Å². The van der Waals surface area contributed by atoms with Crippen LogP contribution in [0.25, 0.3) is 0 Å². The first kappa shape index (κ1) is 38.2. The van der Waals surface area contributed by atoms with Crippen LogP contribution in [-0.4, -0.2) is 69.2 Å². The summed E-state index contributed by atoms with van der Waals surface area (Å²) in [5.74, 6) is 0.274. The molecule has 0 N–H and O–H groups in total. The molecule has 0 saturated heterocycles. The third kappa shape index (κ3) is 17.2. The van der Waals surface area contributed by atoms with Crippen LogP contribution in [0.4, 0.5) is 0 Å². The normalized spacial score (nSPS) is 23.3. The van der Waals surface area contributed by atoms with Gasteiger partial charge in [0.25, 0.3) is 0 Å². The van der Waals surface area contributed by atoms with E-state index in [0.29, 0.717) is 6.42 Å². The summed E-state index contributed by atoms with van der Waals surface area (Å²) in [6.07, 6.45) is 14.3. The Hall–Kier alpha value is -0.789. The Bertz CT molecular complexity index is 816. The molecule has 7 nitrogen and oxygen atoms in total. The Balaban J connectivity index is 3.35. The third-order valence-corrected chi connectivity index (χ3v) is 10.1. The second-order valence-electron chi connectivity index (χ2n) is 14.5. The van der Waals surface area contributed by atoms with E-state index in [4.69, 9.17) is 22.9 Å². The van der Waals surface area contributed by atoms with Gasteiger partial charge in [-0.3, -0.25) is 4.79 Å². The highest BCUT2D eigenvalue weighted by atomic mass is 28.4. The van der Waals surface area contributed by atoms with Crippen LogP contribution in [0.2, 0.25) is 58.9 Å². The quantitative estimate of drug-likeness (QED) is 0.0335. The van der Waals surface area contributed by atoms with Crippen LogP contribution in [0, 0.1) is 11.8 Å². The van der Waals surface area contributed by atoms with Crippen molar-refractivity contribution in [2.45, 2.75) is 148 Å². The summed E-state index contributed by atoms with van der Waals surface area (Å²) in [4.78, 5) is 16.9. The molecule has 0 aromatic rings. The molecule has 1 aliphatic rings. The molecule has 41 heavy (non-hydrogen) atoms. The van der Waals surface area contributed by atoms with Crippen LogP contribution >= 0.6 is 0 Å². The number of oxime groups is 1. The summed E-state index contributed by atoms with van der Waals surface area (Å²) < 4.78 is 25.2. The Morgan fingerprint density at radius 1 is 0.854 bits per heavy atom. The summed E-state index contributed by atoms with van der Waals surface area (Å²) in [5, 5.41) is 4.46. The molecule has 1 fully saturated rings. The Labute approximate surface area is 255 Å². The molecule has 5 unspecified atom stereocenters. The molecule has 10 heteroatoms. The molecular weight excluding hydrogens is 567 g/mol. The molecule has 0 amide bonds. The van der Waals surface area contributed by atoms with Crippen molar-refractivity contribution in [1.29, 1.82) is 0 Å². The second kappa shape index (κ2) is 18.1. The van der Waals surface area contributed by atoms with Crippen LogP contribution in [0.3, 0.4) is 0 Å². The van der Waals surface area contributed by atoms with Crippen molar-refractivity contribution in [3.05, 3.63) is 12.2 Å². The SMILES string of the molecule is CCCCCC(/C=C/C1C(O[Si](C)(C)C)CC(O[Si](C)(C)C)C1C/C(CCCCC(=O)OC)=N/OC)O[Si](C)(C)C. The summed E-state index contributed by atoms with van der Waals surface area (Å²) >= 11 is 0. The van der Waals surface area contributed by atoms with Crippen LogP contribution < -0.4 is 0 Å². The number of carbonyl (C=O) groups is 1. The topological polar surface area (TPSA) is 75.6 Å². The predicted octanol–water partition coefficient (Wildman–Crippen LogP) is 8.55. The summed E-state index contributed by atoms with van der Waals surface area (Å²) in [7, 11) is -2.26. The van der Waals surface area contributed by atoms with Gasteiger partial charge in [-0.2, -0.15) is 0 Å². The number of esters is 1. The second-order valence-corrected chi connectivity index (χ2v) is 27.9. The van der Waals surface area contributed by atoms with E-state index in [1.54, 1.807) is 7.11 Å². The molecule has 240 valence electrons. The van der Waals surface area contributed by atoms with E-state index in [9.17, 15) is 4.79 Å². The van der Waals surface area contributed by atoms with Gasteiger partial charge in [-0.25, -0.2) is 0 Å². The van der Waals surface area contributed by atoms with Crippen molar-refractivity contribution < 1.29 is 27.6 Å². The van der Waals surface area contributed by atoms with E-state index in [1.165, 1.54) is 26.4 Å². The largest absolute Gasteiger partial charge is 0.469 e. The zero-order valence-corrected chi connectivity index (χ0v) is 31.5. The van der Waals surface area contributed by atoms with E-state index < -0.39 is 25.0 Å². The number of nitrogens with zero attached hydrogens (tertiary/aromatic N) is 1. The van der Waals surface area contributed by atoms with Gasteiger partial charge in [-0.1, -0.05) is 43.5 Å². The van der Waals surface area contributed by atoms with Crippen LogP contribution in [0.1, 0.15) is 71.1 Å². The minimum atomic E-state index is -1.81. The maximum Gasteiger partial charge on any atom is 0.305 e. The maximum atomic E-state index is 11.6. The highest BCUT2D eigenvalue weighted by molar-refractivity contribution is 6.70. The average Bonchev–Trinajstić information content (AvgIpc) is 3.11. The van der Waals surface area contributed by atoms with Gasteiger partial charge in [0, 0.05) is 12.3 Å². The molecule has 0 radical (unpaired) electrons. The fourth-order valence-corrected chi connectivity index (χ4v) is 9.02. The molecule has 0 aliphatic heterocycles. The molecule has 1 saturated carbocycles. The first-order valence-electron chi connectivity index (χ1n) is 15.9. The van der Waals surface area contributed by atoms with Crippen LogP contribution in [-0.2, 0) is 27.6 Å². The van der Waals surface area contributed by atoms with Gasteiger partial charge in [0.2, 0.25) is 0 Å². The Morgan fingerprint density at radius 3 is 2.00 bits per heavy atom. The number of unbranched alkanes of at least 4 members (excludes halogenated alkanes) is 3. The van der Waals surface area contributed by atoms with Gasteiger partial charge in [0.15, 0.2) is 25.0 Å².